The molecule has 1 nitrogen and oxygen atoms in total. The van der Waals surface area contributed by atoms with Crippen molar-refractivity contribution >= 4 is 0 Å². The van der Waals surface area contributed by atoms with Gasteiger partial charge in [0, 0.05) is 19.0 Å². The van der Waals surface area contributed by atoms with Crippen LogP contribution in [-0.4, -0.2) is 6.54 Å². The van der Waals surface area contributed by atoms with Gasteiger partial charge in [-0.15, -0.1) is 0 Å². The standard InChI is InChI=1S/C17H19N/c1-12-7-13(2)9-15(8-12)17-11-18-10-14-5-3-4-6-16(14)17/h3-9,17-18H,10-11H2,1-2H3. The second-order valence-corrected chi connectivity index (χ2v) is 5.30. The molecule has 1 atom stereocenters. The van der Waals surface area contributed by atoms with E-state index in [1.165, 1.54) is 27.8 Å². The maximum absolute atomic E-state index is 3.53. The summed E-state index contributed by atoms with van der Waals surface area (Å²) in [4.78, 5) is 0. The normalized spacial score (nSPS) is 18.4. The summed E-state index contributed by atoms with van der Waals surface area (Å²) in [6, 6.07) is 15.7. The summed E-state index contributed by atoms with van der Waals surface area (Å²) < 4.78 is 0. The Kier molecular flexibility index (Phi) is 2.92. The minimum atomic E-state index is 0.494. The Labute approximate surface area is 109 Å². The van der Waals surface area contributed by atoms with Gasteiger partial charge in [-0.1, -0.05) is 53.6 Å². The van der Waals surface area contributed by atoms with Crippen LogP contribution in [0.15, 0.2) is 42.5 Å². The first-order valence-electron chi connectivity index (χ1n) is 6.61. The molecule has 0 amide bonds. The molecule has 2 aromatic rings. The van der Waals surface area contributed by atoms with Crippen molar-refractivity contribution in [3.05, 3.63) is 70.3 Å². The van der Waals surface area contributed by atoms with Crippen molar-refractivity contribution in [2.24, 2.45) is 0 Å². The van der Waals surface area contributed by atoms with Crippen LogP contribution in [0.1, 0.15) is 33.7 Å². The van der Waals surface area contributed by atoms with Crippen molar-refractivity contribution in [3.63, 3.8) is 0 Å². The molecule has 1 N–H and O–H groups in total. The number of rotatable bonds is 1. The van der Waals surface area contributed by atoms with Gasteiger partial charge >= 0.3 is 0 Å². The Bertz CT molecular complexity index is 551. The van der Waals surface area contributed by atoms with E-state index in [2.05, 4.69) is 61.6 Å². The van der Waals surface area contributed by atoms with E-state index in [-0.39, 0.29) is 0 Å². The van der Waals surface area contributed by atoms with Crippen LogP contribution in [0.4, 0.5) is 0 Å². The molecule has 1 heteroatoms. The Morgan fingerprint density at radius 1 is 1.00 bits per heavy atom. The van der Waals surface area contributed by atoms with Crippen LogP contribution in [0.5, 0.6) is 0 Å². The highest BCUT2D eigenvalue weighted by Gasteiger charge is 2.21. The molecule has 0 spiro atoms. The van der Waals surface area contributed by atoms with Crippen LogP contribution in [-0.2, 0) is 6.54 Å². The summed E-state index contributed by atoms with van der Waals surface area (Å²) in [5.74, 6) is 0.494. The third kappa shape index (κ3) is 2.06. The molecule has 2 aromatic carbocycles. The molecule has 0 aliphatic carbocycles. The van der Waals surface area contributed by atoms with Crippen molar-refractivity contribution in [2.75, 3.05) is 6.54 Å². The number of aryl methyl sites for hydroxylation is 2. The van der Waals surface area contributed by atoms with Gasteiger partial charge in [0.2, 0.25) is 0 Å². The van der Waals surface area contributed by atoms with E-state index in [0.717, 1.165) is 13.1 Å². The molecule has 18 heavy (non-hydrogen) atoms. The van der Waals surface area contributed by atoms with E-state index in [4.69, 9.17) is 0 Å². The zero-order chi connectivity index (χ0) is 12.5. The summed E-state index contributed by atoms with van der Waals surface area (Å²) >= 11 is 0. The van der Waals surface area contributed by atoms with Gasteiger partial charge in [-0.25, -0.2) is 0 Å². The van der Waals surface area contributed by atoms with Crippen molar-refractivity contribution < 1.29 is 0 Å². The topological polar surface area (TPSA) is 12.0 Å². The van der Waals surface area contributed by atoms with Crippen LogP contribution in [0, 0.1) is 13.8 Å². The summed E-state index contributed by atoms with van der Waals surface area (Å²) in [5.41, 5.74) is 7.07. The highest BCUT2D eigenvalue weighted by atomic mass is 14.9. The van der Waals surface area contributed by atoms with Gasteiger partial charge in [-0.2, -0.15) is 0 Å². The Morgan fingerprint density at radius 2 is 1.72 bits per heavy atom. The zero-order valence-corrected chi connectivity index (χ0v) is 11.0. The highest BCUT2D eigenvalue weighted by molar-refractivity contribution is 5.42. The van der Waals surface area contributed by atoms with Gasteiger partial charge in [0.15, 0.2) is 0 Å². The smallest absolute Gasteiger partial charge is 0.0218 e. The van der Waals surface area contributed by atoms with E-state index in [1.807, 2.05) is 0 Å². The van der Waals surface area contributed by atoms with Gasteiger partial charge in [0.05, 0.1) is 0 Å². The number of hydrogen-bond donors (Lipinski definition) is 1. The summed E-state index contributed by atoms with van der Waals surface area (Å²) in [5, 5.41) is 3.53. The first-order valence-corrected chi connectivity index (χ1v) is 6.61. The fraction of sp³-hybridized carbons (Fsp3) is 0.294. The average Bonchev–Trinajstić information content (AvgIpc) is 2.37. The first-order chi connectivity index (χ1) is 8.74. The monoisotopic (exact) mass is 237 g/mol. The predicted molar refractivity (Wildman–Crippen MR) is 75.9 cm³/mol. The first kappa shape index (κ1) is 11.5. The number of fused-ring (bicyclic) bond motifs is 1. The molecule has 0 aromatic heterocycles. The number of benzene rings is 2. The fourth-order valence-electron chi connectivity index (χ4n) is 3.00. The van der Waals surface area contributed by atoms with Gasteiger partial charge in [-0.3, -0.25) is 0 Å². The molecule has 3 rings (SSSR count). The van der Waals surface area contributed by atoms with Crippen molar-refractivity contribution in [3.8, 4) is 0 Å². The van der Waals surface area contributed by atoms with Crippen molar-refractivity contribution in [2.45, 2.75) is 26.3 Å². The molecule has 0 bridgehead atoms. The fourth-order valence-corrected chi connectivity index (χ4v) is 3.00. The molecule has 1 heterocycles. The maximum atomic E-state index is 3.53. The summed E-state index contributed by atoms with van der Waals surface area (Å²) in [6.45, 7) is 6.40. The van der Waals surface area contributed by atoms with Gasteiger partial charge in [0.1, 0.15) is 0 Å². The van der Waals surface area contributed by atoms with Gasteiger partial charge in [-0.05, 0) is 30.5 Å². The molecule has 1 aliphatic heterocycles. The molecule has 92 valence electrons. The van der Waals surface area contributed by atoms with Crippen molar-refractivity contribution in [1.82, 2.24) is 5.32 Å². The molecule has 0 radical (unpaired) electrons. The second kappa shape index (κ2) is 4.58. The number of hydrogen-bond acceptors (Lipinski definition) is 1. The largest absolute Gasteiger partial charge is 0.312 e. The molecule has 0 fully saturated rings. The van der Waals surface area contributed by atoms with E-state index < -0.39 is 0 Å². The maximum Gasteiger partial charge on any atom is 0.0218 e. The van der Waals surface area contributed by atoms with Crippen LogP contribution in [0.3, 0.4) is 0 Å². The Hall–Kier alpha value is -1.60. The Balaban J connectivity index is 2.08. The average molecular weight is 237 g/mol. The zero-order valence-electron chi connectivity index (χ0n) is 11.0. The van der Waals surface area contributed by atoms with Crippen LogP contribution in [0.2, 0.25) is 0 Å². The minimum absolute atomic E-state index is 0.494. The SMILES string of the molecule is Cc1cc(C)cc(C2CNCc3ccccc32)c1. The van der Waals surface area contributed by atoms with Crippen LogP contribution < -0.4 is 5.32 Å². The second-order valence-electron chi connectivity index (χ2n) is 5.30. The van der Waals surface area contributed by atoms with E-state index >= 15 is 0 Å². The highest BCUT2D eigenvalue weighted by Crippen LogP contribution is 2.30. The lowest BCUT2D eigenvalue weighted by Crippen LogP contribution is -2.28. The molecule has 1 aliphatic rings. The molecule has 0 saturated carbocycles. The third-order valence-electron chi connectivity index (χ3n) is 3.74. The lowest BCUT2D eigenvalue weighted by molar-refractivity contribution is 0.591. The minimum Gasteiger partial charge on any atom is -0.312 e. The molecular weight excluding hydrogens is 218 g/mol. The predicted octanol–water partition coefficient (Wildman–Crippen LogP) is 3.54. The molecular formula is C17H19N. The number of nitrogens with one attached hydrogen (secondary N) is 1. The quantitative estimate of drug-likeness (QED) is 0.800. The van der Waals surface area contributed by atoms with Gasteiger partial charge < -0.3 is 5.32 Å². The van der Waals surface area contributed by atoms with Crippen LogP contribution in [0.25, 0.3) is 0 Å². The van der Waals surface area contributed by atoms with E-state index in [0.29, 0.717) is 5.92 Å². The Morgan fingerprint density at radius 3 is 2.50 bits per heavy atom. The van der Waals surface area contributed by atoms with E-state index in [1.54, 1.807) is 0 Å². The molecule has 0 saturated heterocycles. The van der Waals surface area contributed by atoms with E-state index in [9.17, 15) is 0 Å². The summed E-state index contributed by atoms with van der Waals surface area (Å²) in [7, 11) is 0. The lowest BCUT2D eigenvalue weighted by Gasteiger charge is -2.27. The van der Waals surface area contributed by atoms with Gasteiger partial charge in [0.25, 0.3) is 0 Å². The van der Waals surface area contributed by atoms with Crippen molar-refractivity contribution in [1.29, 1.82) is 0 Å². The summed E-state index contributed by atoms with van der Waals surface area (Å²) in [6.07, 6.45) is 0. The van der Waals surface area contributed by atoms with Crippen LogP contribution >= 0.6 is 0 Å². The third-order valence-corrected chi connectivity index (χ3v) is 3.74. The lowest BCUT2D eigenvalue weighted by atomic mass is 9.84. The molecule has 1 unspecified atom stereocenters.